The topological polar surface area (TPSA) is 107 Å². The molecule has 0 bridgehead atoms. The van der Waals surface area contributed by atoms with Gasteiger partial charge in [-0.2, -0.15) is 0 Å². The number of aryl methyl sites for hydroxylation is 1. The number of esters is 1. The van der Waals surface area contributed by atoms with Crippen LogP contribution in [0.5, 0.6) is 0 Å². The largest absolute Gasteiger partial charge is 0.452 e. The Morgan fingerprint density at radius 1 is 1.17 bits per heavy atom. The number of hydrogen-bond acceptors (Lipinski definition) is 7. The minimum atomic E-state index is -3.11. The van der Waals surface area contributed by atoms with Gasteiger partial charge >= 0.3 is 5.97 Å². The van der Waals surface area contributed by atoms with Crippen LogP contribution in [-0.4, -0.2) is 60.5 Å². The van der Waals surface area contributed by atoms with E-state index in [0.717, 1.165) is 12.8 Å². The zero-order valence-electron chi connectivity index (χ0n) is 16.0. The summed E-state index contributed by atoms with van der Waals surface area (Å²) in [5.74, 6) is -0.674. The number of hydrogen-bond donors (Lipinski definition) is 0. The van der Waals surface area contributed by atoms with Crippen LogP contribution >= 0.6 is 0 Å². The van der Waals surface area contributed by atoms with Gasteiger partial charge in [0.05, 0.1) is 11.5 Å². The summed E-state index contributed by atoms with van der Waals surface area (Å²) in [6.45, 7) is 1.17. The minimum Gasteiger partial charge on any atom is -0.452 e. The van der Waals surface area contributed by atoms with Crippen LogP contribution < -0.4 is 0 Å². The third-order valence-electron chi connectivity index (χ3n) is 5.27. The van der Waals surface area contributed by atoms with Gasteiger partial charge in [0.15, 0.2) is 16.4 Å². The van der Waals surface area contributed by atoms with Crippen LogP contribution in [0.1, 0.15) is 35.4 Å². The lowest BCUT2D eigenvalue weighted by Gasteiger charge is -2.28. The number of carbonyl (C=O) groups is 2. The highest BCUT2D eigenvalue weighted by molar-refractivity contribution is 7.91. The fourth-order valence-corrected chi connectivity index (χ4v) is 5.44. The van der Waals surface area contributed by atoms with Gasteiger partial charge < -0.3 is 14.2 Å². The standard InChI is InChI=1S/C20H22N2O6S/c1-13-18(19(21-28-13)14-5-3-2-4-6-14)20(24)27-11-17(23)22(15-7-8-15)16-9-10-29(25,26)12-16/h2-6,15-16H,7-12H2,1H3/t16-/m0/s1. The van der Waals surface area contributed by atoms with Crippen molar-refractivity contribution in [2.45, 2.75) is 38.3 Å². The summed E-state index contributed by atoms with van der Waals surface area (Å²) in [5.41, 5.74) is 1.25. The van der Waals surface area contributed by atoms with E-state index in [-0.39, 0.29) is 35.1 Å². The summed E-state index contributed by atoms with van der Waals surface area (Å²) in [5, 5.41) is 3.95. The molecule has 0 unspecified atom stereocenters. The Balaban J connectivity index is 1.46. The van der Waals surface area contributed by atoms with Crippen molar-refractivity contribution in [2.75, 3.05) is 18.1 Å². The molecule has 2 fully saturated rings. The number of benzene rings is 1. The molecule has 0 spiro atoms. The van der Waals surface area contributed by atoms with Crippen LogP contribution in [0.4, 0.5) is 0 Å². The molecule has 1 aromatic carbocycles. The van der Waals surface area contributed by atoms with Gasteiger partial charge in [-0.15, -0.1) is 0 Å². The van der Waals surface area contributed by atoms with Gasteiger partial charge in [0.1, 0.15) is 17.0 Å². The Morgan fingerprint density at radius 2 is 1.90 bits per heavy atom. The lowest BCUT2D eigenvalue weighted by Crippen LogP contribution is -2.44. The number of carbonyl (C=O) groups excluding carboxylic acids is 2. The van der Waals surface area contributed by atoms with Gasteiger partial charge in [-0.1, -0.05) is 35.5 Å². The first-order valence-corrected chi connectivity index (χ1v) is 11.4. The second kappa shape index (κ2) is 7.62. The van der Waals surface area contributed by atoms with Crippen molar-refractivity contribution in [3.8, 4) is 11.3 Å². The van der Waals surface area contributed by atoms with Gasteiger partial charge in [0.2, 0.25) is 0 Å². The highest BCUT2D eigenvalue weighted by Gasteiger charge is 2.42. The molecule has 2 aliphatic rings. The van der Waals surface area contributed by atoms with Crippen molar-refractivity contribution in [2.24, 2.45) is 0 Å². The minimum absolute atomic E-state index is 0.0217. The Morgan fingerprint density at radius 3 is 2.52 bits per heavy atom. The zero-order valence-corrected chi connectivity index (χ0v) is 16.9. The van der Waals surface area contributed by atoms with Crippen LogP contribution in [0.2, 0.25) is 0 Å². The molecule has 29 heavy (non-hydrogen) atoms. The Hall–Kier alpha value is -2.68. The molecule has 2 heterocycles. The highest BCUT2D eigenvalue weighted by atomic mass is 32.2. The number of amides is 1. The molecular formula is C20H22N2O6S. The Labute approximate surface area is 168 Å². The van der Waals surface area contributed by atoms with Crippen LogP contribution in [0.3, 0.4) is 0 Å². The smallest absolute Gasteiger partial charge is 0.344 e. The average Bonchev–Trinajstić information content (AvgIpc) is 3.35. The number of rotatable bonds is 6. The zero-order chi connectivity index (χ0) is 20.6. The molecular weight excluding hydrogens is 396 g/mol. The first-order valence-electron chi connectivity index (χ1n) is 9.56. The third-order valence-corrected chi connectivity index (χ3v) is 7.02. The summed E-state index contributed by atoms with van der Waals surface area (Å²) < 4.78 is 34.1. The second-order valence-corrected chi connectivity index (χ2v) is 9.72. The Bertz CT molecular complexity index is 1030. The van der Waals surface area contributed by atoms with Gasteiger partial charge in [0, 0.05) is 17.6 Å². The molecule has 0 N–H and O–H groups in total. The molecule has 1 aliphatic carbocycles. The third kappa shape index (κ3) is 4.19. The van der Waals surface area contributed by atoms with Gasteiger partial charge in [-0.3, -0.25) is 4.79 Å². The molecule has 1 atom stereocenters. The molecule has 1 aliphatic heterocycles. The molecule has 154 valence electrons. The van der Waals surface area contributed by atoms with Gasteiger partial charge in [-0.05, 0) is 26.2 Å². The van der Waals surface area contributed by atoms with E-state index in [1.54, 1.807) is 24.0 Å². The number of aromatic nitrogens is 1. The molecule has 2 aromatic rings. The molecule has 9 heteroatoms. The summed E-state index contributed by atoms with van der Waals surface area (Å²) in [4.78, 5) is 27.0. The van der Waals surface area contributed by atoms with Crippen molar-refractivity contribution in [1.82, 2.24) is 10.1 Å². The molecule has 1 amide bonds. The normalized spacial score (nSPS) is 20.4. The number of ether oxygens (including phenoxy) is 1. The predicted octanol–water partition coefficient (Wildman–Crippen LogP) is 1.98. The average molecular weight is 418 g/mol. The quantitative estimate of drug-likeness (QED) is 0.660. The van der Waals surface area contributed by atoms with Crippen molar-refractivity contribution in [3.05, 3.63) is 41.7 Å². The van der Waals surface area contributed by atoms with E-state index in [1.165, 1.54) is 0 Å². The van der Waals surface area contributed by atoms with Crippen molar-refractivity contribution >= 4 is 21.7 Å². The second-order valence-electron chi connectivity index (χ2n) is 7.49. The molecule has 1 saturated heterocycles. The molecule has 4 rings (SSSR count). The number of sulfone groups is 1. The maximum Gasteiger partial charge on any atom is 0.344 e. The van der Waals surface area contributed by atoms with E-state index in [9.17, 15) is 18.0 Å². The van der Waals surface area contributed by atoms with E-state index in [2.05, 4.69) is 5.16 Å². The van der Waals surface area contributed by atoms with E-state index in [1.807, 2.05) is 18.2 Å². The molecule has 0 radical (unpaired) electrons. The first kappa shape index (κ1) is 19.6. The maximum absolute atomic E-state index is 12.8. The maximum atomic E-state index is 12.8. The summed E-state index contributed by atoms with van der Waals surface area (Å²) in [6.07, 6.45) is 2.12. The monoisotopic (exact) mass is 418 g/mol. The fourth-order valence-electron chi connectivity index (χ4n) is 3.73. The van der Waals surface area contributed by atoms with E-state index in [0.29, 0.717) is 23.4 Å². The Kier molecular flexibility index (Phi) is 5.16. The SMILES string of the molecule is Cc1onc(-c2ccccc2)c1C(=O)OCC(=O)N(C1CC1)[C@H]1CCS(=O)(=O)C1. The van der Waals surface area contributed by atoms with Crippen LogP contribution in [0.15, 0.2) is 34.9 Å². The van der Waals surface area contributed by atoms with Gasteiger partial charge in [-0.25, -0.2) is 13.2 Å². The lowest BCUT2D eigenvalue weighted by molar-refractivity contribution is -0.137. The van der Waals surface area contributed by atoms with Crippen molar-refractivity contribution < 1.29 is 27.3 Å². The summed E-state index contributed by atoms with van der Waals surface area (Å²) in [6, 6.07) is 8.79. The van der Waals surface area contributed by atoms with Crippen LogP contribution in [0.25, 0.3) is 11.3 Å². The van der Waals surface area contributed by atoms with Gasteiger partial charge in [0.25, 0.3) is 5.91 Å². The molecule has 8 nitrogen and oxygen atoms in total. The number of nitrogens with zero attached hydrogens (tertiary/aromatic N) is 2. The highest BCUT2D eigenvalue weighted by Crippen LogP contribution is 2.32. The van der Waals surface area contributed by atoms with Crippen molar-refractivity contribution in [3.63, 3.8) is 0 Å². The summed E-state index contributed by atoms with van der Waals surface area (Å²) >= 11 is 0. The van der Waals surface area contributed by atoms with Crippen LogP contribution in [0, 0.1) is 6.92 Å². The first-order chi connectivity index (χ1) is 13.9. The molecule has 1 saturated carbocycles. The molecule has 1 aromatic heterocycles. The fraction of sp³-hybridized carbons (Fsp3) is 0.450. The van der Waals surface area contributed by atoms with E-state index >= 15 is 0 Å². The van der Waals surface area contributed by atoms with E-state index in [4.69, 9.17) is 9.26 Å². The summed E-state index contributed by atoms with van der Waals surface area (Å²) in [7, 11) is -3.11. The predicted molar refractivity (Wildman–Crippen MR) is 104 cm³/mol. The van der Waals surface area contributed by atoms with Crippen molar-refractivity contribution in [1.29, 1.82) is 0 Å². The van der Waals surface area contributed by atoms with E-state index < -0.39 is 22.4 Å². The van der Waals surface area contributed by atoms with Crippen LogP contribution in [-0.2, 0) is 19.4 Å². The lowest BCUT2D eigenvalue weighted by atomic mass is 10.1.